The van der Waals surface area contributed by atoms with Gasteiger partial charge in [0, 0.05) is 30.6 Å². The Morgan fingerprint density at radius 3 is 2.86 bits per heavy atom. The van der Waals surface area contributed by atoms with Gasteiger partial charge in [-0.25, -0.2) is 19.2 Å². The van der Waals surface area contributed by atoms with Crippen molar-refractivity contribution in [2.45, 2.75) is 11.8 Å². The first-order chi connectivity index (χ1) is 17.1. The second-order valence-corrected chi connectivity index (χ2v) is 9.51. The van der Waals surface area contributed by atoms with E-state index < -0.39 is 0 Å². The van der Waals surface area contributed by atoms with E-state index in [1.165, 1.54) is 6.07 Å². The lowest BCUT2D eigenvalue weighted by Crippen LogP contribution is -2.32. The van der Waals surface area contributed by atoms with Crippen LogP contribution in [0.1, 0.15) is 12.0 Å². The number of imidazole rings is 1. The van der Waals surface area contributed by atoms with Crippen LogP contribution in [0.15, 0.2) is 53.5 Å². The summed E-state index contributed by atoms with van der Waals surface area (Å²) in [4.78, 5) is 28.8. The minimum Gasteiger partial charge on any atom is -0.355 e. The van der Waals surface area contributed by atoms with E-state index in [1.54, 1.807) is 12.3 Å². The highest BCUT2D eigenvalue weighted by Gasteiger charge is 2.66. The van der Waals surface area contributed by atoms with Gasteiger partial charge in [-0.1, -0.05) is 24.3 Å². The molecule has 176 valence electrons. The van der Waals surface area contributed by atoms with Crippen LogP contribution in [-0.2, 0) is 5.41 Å². The molecule has 0 radical (unpaired) electrons. The SMILES string of the molecule is NC[C@]1(c2ccccc2F)[C@@H]2CCN(c3cnc4c(-c5ccc6[nH]c(=O)[nH]c6c5)n[nH]c4n3)C[C@@H]21. The maximum atomic E-state index is 14.7. The van der Waals surface area contributed by atoms with Gasteiger partial charge in [-0.15, -0.1) is 0 Å². The van der Waals surface area contributed by atoms with Crippen molar-refractivity contribution in [2.75, 3.05) is 24.5 Å². The van der Waals surface area contributed by atoms with E-state index in [0.717, 1.165) is 42.0 Å². The highest BCUT2D eigenvalue weighted by Crippen LogP contribution is 2.63. The van der Waals surface area contributed by atoms with Gasteiger partial charge in [0.1, 0.15) is 22.8 Å². The molecule has 0 unspecified atom stereocenters. The number of halogens is 1. The summed E-state index contributed by atoms with van der Waals surface area (Å²) in [5.41, 5.74) is 10.6. The normalized spacial score (nSPS) is 23.7. The first-order valence-electron chi connectivity index (χ1n) is 11.7. The third kappa shape index (κ3) is 2.89. The molecule has 1 aliphatic heterocycles. The summed E-state index contributed by atoms with van der Waals surface area (Å²) < 4.78 is 14.7. The molecule has 9 nitrogen and oxygen atoms in total. The van der Waals surface area contributed by atoms with Crippen LogP contribution in [-0.4, -0.2) is 49.8 Å². The molecule has 3 aromatic heterocycles. The summed E-state index contributed by atoms with van der Waals surface area (Å²) in [5, 5.41) is 7.45. The number of H-pyrrole nitrogens is 3. The number of rotatable bonds is 4. The lowest BCUT2D eigenvalue weighted by Gasteiger charge is -2.26. The Balaban J connectivity index is 1.19. The number of benzene rings is 2. The molecule has 0 bridgehead atoms. The number of hydrogen-bond donors (Lipinski definition) is 4. The minimum atomic E-state index is -0.309. The third-order valence-corrected chi connectivity index (χ3v) is 7.91. The average Bonchev–Trinajstić information content (AvgIpc) is 3.12. The Hall–Kier alpha value is -4.05. The summed E-state index contributed by atoms with van der Waals surface area (Å²) in [6, 6.07) is 12.6. The Labute approximate surface area is 198 Å². The van der Waals surface area contributed by atoms with E-state index in [9.17, 15) is 9.18 Å². The molecule has 2 aliphatic rings. The lowest BCUT2D eigenvalue weighted by atomic mass is 9.91. The first kappa shape index (κ1) is 20.3. The molecular formula is C25H23FN8O. The van der Waals surface area contributed by atoms with Crippen molar-refractivity contribution in [3.8, 4) is 11.3 Å². The molecule has 1 saturated carbocycles. The van der Waals surface area contributed by atoms with Crippen LogP contribution in [0.25, 0.3) is 33.5 Å². The number of hydrogen-bond acceptors (Lipinski definition) is 6. The van der Waals surface area contributed by atoms with Crippen LogP contribution in [0.4, 0.5) is 10.2 Å². The summed E-state index contributed by atoms with van der Waals surface area (Å²) >= 11 is 0. The Kier molecular flexibility index (Phi) is 4.20. The molecular weight excluding hydrogens is 447 g/mol. The number of nitrogens with two attached hydrogens (primary N) is 1. The van der Waals surface area contributed by atoms with Gasteiger partial charge >= 0.3 is 5.69 Å². The standard InChI is InChI=1S/C25H23FN8O/c26-17-4-2-1-3-15(17)25(12-27)14-7-8-34(11-16(14)25)20-10-28-22-21(32-33-23(22)31-20)13-5-6-18-19(9-13)30-24(35)29-18/h1-6,9-10,14,16H,7-8,11-12,27H2,(H2,29,30,35)(H,31,32,33)/t14-,16+,25-/m1/s1. The van der Waals surface area contributed by atoms with Crippen molar-refractivity contribution >= 4 is 28.0 Å². The maximum Gasteiger partial charge on any atom is 0.323 e. The van der Waals surface area contributed by atoms with Gasteiger partial charge < -0.3 is 20.6 Å². The van der Waals surface area contributed by atoms with Gasteiger partial charge in [-0.3, -0.25) is 5.10 Å². The van der Waals surface area contributed by atoms with Crippen molar-refractivity contribution < 1.29 is 4.39 Å². The summed E-state index contributed by atoms with van der Waals surface area (Å²) in [5.74, 6) is 1.25. The quantitative estimate of drug-likeness (QED) is 0.319. The summed E-state index contributed by atoms with van der Waals surface area (Å²) in [6.07, 6.45) is 2.70. The van der Waals surface area contributed by atoms with Crippen LogP contribution < -0.4 is 16.3 Å². The molecule has 35 heavy (non-hydrogen) atoms. The van der Waals surface area contributed by atoms with Gasteiger partial charge in [0.15, 0.2) is 5.65 Å². The fourth-order valence-corrected chi connectivity index (χ4v) is 6.16. The Morgan fingerprint density at radius 1 is 1.14 bits per heavy atom. The van der Waals surface area contributed by atoms with Gasteiger partial charge in [-0.05, 0) is 42.0 Å². The molecule has 5 N–H and O–H groups in total. The van der Waals surface area contributed by atoms with Gasteiger partial charge in [0.05, 0.1) is 17.2 Å². The molecule has 4 heterocycles. The van der Waals surface area contributed by atoms with Crippen LogP contribution in [0.2, 0.25) is 0 Å². The predicted molar refractivity (Wildman–Crippen MR) is 131 cm³/mol. The molecule has 10 heteroatoms. The van der Waals surface area contributed by atoms with Crippen LogP contribution in [0.3, 0.4) is 0 Å². The zero-order chi connectivity index (χ0) is 23.7. The van der Waals surface area contributed by atoms with E-state index in [-0.39, 0.29) is 22.8 Å². The third-order valence-electron chi connectivity index (χ3n) is 7.91. The summed E-state index contributed by atoms with van der Waals surface area (Å²) in [6.45, 7) is 2.01. The second-order valence-electron chi connectivity index (χ2n) is 9.51. The highest BCUT2D eigenvalue weighted by molar-refractivity contribution is 5.91. The molecule has 3 atom stereocenters. The van der Waals surface area contributed by atoms with Gasteiger partial charge in [0.2, 0.25) is 0 Å². The van der Waals surface area contributed by atoms with Crippen LogP contribution in [0.5, 0.6) is 0 Å². The summed E-state index contributed by atoms with van der Waals surface area (Å²) in [7, 11) is 0. The number of nitrogens with one attached hydrogen (secondary N) is 3. The largest absolute Gasteiger partial charge is 0.355 e. The number of piperidine rings is 1. The first-order valence-corrected chi connectivity index (χ1v) is 11.7. The van der Waals surface area contributed by atoms with Crippen molar-refractivity contribution in [1.29, 1.82) is 0 Å². The maximum absolute atomic E-state index is 14.7. The van der Waals surface area contributed by atoms with E-state index in [4.69, 9.17) is 10.7 Å². The van der Waals surface area contributed by atoms with E-state index in [1.807, 2.05) is 30.3 Å². The smallest absolute Gasteiger partial charge is 0.323 e. The highest BCUT2D eigenvalue weighted by atomic mass is 19.1. The Morgan fingerprint density at radius 2 is 2.00 bits per heavy atom. The molecule has 0 spiro atoms. The zero-order valence-corrected chi connectivity index (χ0v) is 18.8. The van der Waals surface area contributed by atoms with Crippen molar-refractivity contribution in [3.63, 3.8) is 0 Å². The van der Waals surface area contributed by atoms with Crippen molar-refractivity contribution in [2.24, 2.45) is 17.6 Å². The fraction of sp³-hybridized carbons (Fsp3) is 0.280. The average molecular weight is 471 g/mol. The number of fused-ring (bicyclic) bond motifs is 3. The second kappa shape index (κ2) is 7.22. The topological polar surface area (TPSA) is 132 Å². The van der Waals surface area contributed by atoms with Crippen molar-refractivity contribution in [1.82, 2.24) is 30.1 Å². The van der Waals surface area contributed by atoms with Crippen LogP contribution >= 0.6 is 0 Å². The molecule has 2 aromatic carbocycles. The number of aromatic amines is 3. The van der Waals surface area contributed by atoms with Gasteiger partial charge in [-0.2, -0.15) is 5.10 Å². The van der Waals surface area contributed by atoms with E-state index in [0.29, 0.717) is 34.8 Å². The van der Waals surface area contributed by atoms with E-state index >= 15 is 0 Å². The van der Waals surface area contributed by atoms with E-state index in [2.05, 4.69) is 30.0 Å². The minimum absolute atomic E-state index is 0.174. The Bertz CT molecular complexity index is 1650. The number of anilines is 1. The molecule has 7 rings (SSSR count). The van der Waals surface area contributed by atoms with Crippen LogP contribution in [0, 0.1) is 17.7 Å². The lowest BCUT2D eigenvalue weighted by molar-refractivity contribution is 0.533. The molecule has 2 fully saturated rings. The van der Waals surface area contributed by atoms with Gasteiger partial charge in [0.25, 0.3) is 0 Å². The zero-order valence-electron chi connectivity index (χ0n) is 18.8. The molecule has 5 aromatic rings. The number of aromatic nitrogens is 6. The molecule has 1 saturated heterocycles. The molecule has 0 amide bonds. The monoisotopic (exact) mass is 470 g/mol. The predicted octanol–water partition coefficient (Wildman–Crippen LogP) is 2.68. The number of nitrogens with zero attached hydrogens (tertiary/aromatic N) is 4. The fourth-order valence-electron chi connectivity index (χ4n) is 6.16. The molecule has 1 aliphatic carbocycles. The van der Waals surface area contributed by atoms with Crippen molar-refractivity contribution in [3.05, 3.63) is 70.5 Å².